The molecule has 1 fully saturated rings. The lowest BCUT2D eigenvalue weighted by Gasteiger charge is -2.20. The first-order chi connectivity index (χ1) is 7.09. The molecular formula is C11H22N2O2. The summed E-state index contributed by atoms with van der Waals surface area (Å²) in [5, 5.41) is 6.04. The molecule has 15 heavy (non-hydrogen) atoms. The summed E-state index contributed by atoms with van der Waals surface area (Å²) in [5.41, 5.74) is 0. The van der Waals surface area contributed by atoms with Gasteiger partial charge in [0.25, 0.3) is 0 Å². The number of carbonyl (C=O) groups is 1. The fourth-order valence-electron chi connectivity index (χ4n) is 1.76. The third-order valence-electron chi connectivity index (χ3n) is 2.56. The van der Waals surface area contributed by atoms with E-state index in [0.717, 1.165) is 19.4 Å². The van der Waals surface area contributed by atoms with Crippen LogP contribution in [-0.4, -0.2) is 37.2 Å². The monoisotopic (exact) mass is 214 g/mol. The van der Waals surface area contributed by atoms with E-state index in [4.69, 9.17) is 4.74 Å². The molecule has 0 bridgehead atoms. The van der Waals surface area contributed by atoms with Crippen LogP contribution in [0.5, 0.6) is 0 Å². The van der Waals surface area contributed by atoms with Crippen LogP contribution in [0.3, 0.4) is 0 Å². The van der Waals surface area contributed by atoms with Crippen molar-refractivity contribution in [2.24, 2.45) is 0 Å². The van der Waals surface area contributed by atoms with Crippen LogP contribution >= 0.6 is 0 Å². The van der Waals surface area contributed by atoms with Crippen molar-refractivity contribution in [1.82, 2.24) is 10.6 Å². The molecule has 0 aromatic carbocycles. The van der Waals surface area contributed by atoms with Crippen molar-refractivity contribution >= 4 is 5.91 Å². The van der Waals surface area contributed by atoms with Crippen LogP contribution in [0.1, 0.15) is 33.6 Å². The average molecular weight is 214 g/mol. The van der Waals surface area contributed by atoms with Crippen molar-refractivity contribution < 1.29 is 9.53 Å². The van der Waals surface area contributed by atoms with Gasteiger partial charge in [0, 0.05) is 18.7 Å². The third kappa shape index (κ3) is 4.62. The van der Waals surface area contributed by atoms with Crippen molar-refractivity contribution in [2.75, 3.05) is 13.2 Å². The smallest absolute Gasteiger partial charge is 0.234 e. The molecule has 1 saturated heterocycles. The van der Waals surface area contributed by atoms with Gasteiger partial charge in [-0.15, -0.1) is 0 Å². The van der Waals surface area contributed by atoms with Gasteiger partial charge in [-0.05, 0) is 33.6 Å². The van der Waals surface area contributed by atoms with Gasteiger partial charge in [-0.25, -0.2) is 0 Å². The van der Waals surface area contributed by atoms with E-state index in [1.807, 2.05) is 13.8 Å². The van der Waals surface area contributed by atoms with Crippen LogP contribution in [0.2, 0.25) is 0 Å². The van der Waals surface area contributed by atoms with E-state index >= 15 is 0 Å². The zero-order valence-electron chi connectivity index (χ0n) is 9.88. The Bertz CT molecular complexity index is 201. The molecule has 88 valence electrons. The second-order valence-electron chi connectivity index (χ2n) is 4.44. The number of rotatable bonds is 5. The SMILES string of the molecule is CC(C)NC(=O)CNC(C)C1CCCO1. The first-order valence-electron chi connectivity index (χ1n) is 5.74. The zero-order valence-corrected chi connectivity index (χ0v) is 9.88. The van der Waals surface area contributed by atoms with Crippen molar-refractivity contribution in [3.8, 4) is 0 Å². The summed E-state index contributed by atoms with van der Waals surface area (Å²) in [7, 11) is 0. The van der Waals surface area contributed by atoms with E-state index in [9.17, 15) is 4.79 Å². The van der Waals surface area contributed by atoms with Gasteiger partial charge in [0.05, 0.1) is 12.6 Å². The molecule has 2 N–H and O–H groups in total. The largest absolute Gasteiger partial charge is 0.377 e. The molecule has 1 amide bonds. The van der Waals surface area contributed by atoms with Gasteiger partial charge in [0.2, 0.25) is 5.91 Å². The first kappa shape index (κ1) is 12.5. The second kappa shape index (κ2) is 6.08. The van der Waals surface area contributed by atoms with Crippen LogP contribution in [0, 0.1) is 0 Å². The van der Waals surface area contributed by atoms with E-state index in [2.05, 4.69) is 17.6 Å². The highest BCUT2D eigenvalue weighted by molar-refractivity contribution is 5.78. The van der Waals surface area contributed by atoms with E-state index in [1.165, 1.54) is 0 Å². The molecule has 2 atom stereocenters. The van der Waals surface area contributed by atoms with Crippen molar-refractivity contribution in [3.05, 3.63) is 0 Å². The minimum absolute atomic E-state index is 0.0508. The minimum Gasteiger partial charge on any atom is -0.377 e. The fraction of sp³-hybridized carbons (Fsp3) is 0.909. The Labute approximate surface area is 91.8 Å². The summed E-state index contributed by atoms with van der Waals surface area (Å²) >= 11 is 0. The van der Waals surface area contributed by atoms with Crippen molar-refractivity contribution in [1.29, 1.82) is 0 Å². The maximum Gasteiger partial charge on any atom is 0.234 e. The Kier molecular flexibility index (Phi) is 5.05. The Morgan fingerprint density at radius 2 is 2.20 bits per heavy atom. The van der Waals surface area contributed by atoms with Gasteiger partial charge in [0.1, 0.15) is 0 Å². The molecule has 0 saturated carbocycles. The minimum atomic E-state index is 0.0508. The summed E-state index contributed by atoms with van der Waals surface area (Å²) in [6, 6.07) is 0.461. The molecule has 1 aliphatic heterocycles. The number of hydrogen-bond acceptors (Lipinski definition) is 3. The van der Waals surface area contributed by atoms with Gasteiger partial charge >= 0.3 is 0 Å². The number of nitrogens with one attached hydrogen (secondary N) is 2. The summed E-state index contributed by atoms with van der Waals surface area (Å²) < 4.78 is 5.53. The molecule has 1 aliphatic rings. The van der Waals surface area contributed by atoms with Crippen LogP contribution < -0.4 is 10.6 Å². The molecule has 1 heterocycles. The summed E-state index contributed by atoms with van der Waals surface area (Å²) in [6.45, 7) is 7.22. The number of amides is 1. The summed E-state index contributed by atoms with van der Waals surface area (Å²) in [4.78, 5) is 11.4. The second-order valence-corrected chi connectivity index (χ2v) is 4.44. The maximum atomic E-state index is 11.4. The van der Waals surface area contributed by atoms with Crippen molar-refractivity contribution in [2.45, 2.75) is 51.8 Å². The standard InChI is InChI=1S/C11H22N2O2/c1-8(2)13-11(14)7-12-9(3)10-5-4-6-15-10/h8-10,12H,4-7H2,1-3H3,(H,13,14). The Balaban J connectivity index is 2.15. The van der Waals surface area contributed by atoms with E-state index in [1.54, 1.807) is 0 Å². The van der Waals surface area contributed by atoms with Crippen LogP contribution in [-0.2, 0) is 9.53 Å². The lowest BCUT2D eigenvalue weighted by Crippen LogP contribution is -2.44. The molecule has 0 aromatic heterocycles. The van der Waals surface area contributed by atoms with E-state index in [-0.39, 0.29) is 24.1 Å². The highest BCUT2D eigenvalue weighted by atomic mass is 16.5. The first-order valence-corrected chi connectivity index (χ1v) is 5.74. The molecule has 0 radical (unpaired) electrons. The van der Waals surface area contributed by atoms with Gasteiger partial charge < -0.3 is 15.4 Å². The highest BCUT2D eigenvalue weighted by Gasteiger charge is 2.22. The number of hydrogen-bond donors (Lipinski definition) is 2. The summed E-state index contributed by atoms with van der Waals surface area (Å²) in [5.74, 6) is 0.0508. The molecule has 2 unspecified atom stereocenters. The maximum absolute atomic E-state index is 11.4. The fourth-order valence-corrected chi connectivity index (χ4v) is 1.76. The Morgan fingerprint density at radius 1 is 1.47 bits per heavy atom. The molecular weight excluding hydrogens is 192 g/mol. The Morgan fingerprint density at radius 3 is 2.73 bits per heavy atom. The topological polar surface area (TPSA) is 50.4 Å². The molecule has 0 aromatic rings. The van der Waals surface area contributed by atoms with E-state index in [0.29, 0.717) is 6.54 Å². The van der Waals surface area contributed by atoms with Gasteiger partial charge in [-0.1, -0.05) is 0 Å². The zero-order chi connectivity index (χ0) is 11.3. The van der Waals surface area contributed by atoms with Crippen LogP contribution in [0.25, 0.3) is 0 Å². The van der Waals surface area contributed by atoms with Gasteiger partial charge in [-0.2, -0.15) is 0 Å². The molecule has 0 spiro atoms. The van der Waals surface area contributed by atoms with Gasteiger partial charge in [0.15, 0.2) is 0 Å². The van der Waals surface area contributed by atoms with Crippen LogP contribution in [0.15, 0.2) is 0 Å². The molecule has 4 nitrogen and oxygen atoms in total. The number of carbonyl (C=O) groups excluding carboxylic acids is 1. The van der Waals surface area contributed by atoms with Crippen LogP contribution in [0.4, 0.5) is 0 Å². The average Bonchev–Trinajstić information content (AvgIpc) is 2.65. The van der Waals surface area contributed by atoms with Crippen molar-refractivity contribution in [3.63, 3.8) is 0 Å². The van der Waals surface area contributed by atoms with Gasteiger partial charge in [-0.3, -0.25) is 4.79 Å². The molecule has 0 aliphatic carbocycles. The molecule has 4 heteroatoms. The lowest BCUT2D eigenvalue weighted by molar-refractivity contribution is -0.120. The highest BCUT2D eigenvalue weighted by Crippen LogP contribution is 2.14. The lowest BCUT2D eigenvalue weighted by atomic mass is 10.1. The molecule has 1 rings (SSSR count). The van der Waals surface area contributed by atoms with E-state index < -0.39 is 0 Å². The predicted octanol–water partition coefficient (Wildman–Crippen LogP) is 0.668. The quantitative estimate of drug-likeness (QED) is 0.707. The Hall–Kier alpha value is -0.610. The predicted molar refractivity (Wildman–Crippen MR) is 59.7 cm³/mol. The summed E-state index contributed by atoms with van der Waals surface area (Å²) in [6.07, 6.45) is 2.51. The normalized spacial score (nSPS) is 23.1. The number of ether oxygens (including phenoxy) is 1. The third-order valence-corrected chi connectivity index (χ3v) is 2.56.